The number of carbonyl (C=O) groups excluding carboxylic acids is 1. The van der Waals surface area contributed by atoms with Gasteiger partial charge in [-0.2, -0.15) is 0 Å². The summed E-state index contributed by atoms with van der Waals surface area (Å²) in [5, 5.41) is 0. The third-order valence-corrected chi connectivity index (χ3v) is 4.98. The van der Waals surface area contributed by atoms with Crippen molar-refractivity contribution in [3.8, 4) is 11.3 Å². The van der Waals surface area contributed by atoms with Crippen LogP contribution in [0.5, 0.6) is 0 Å². The predicted molar refractivity (Wildman–Crippen MR) is 107 cm³/mol. The highest BCUT2D eigenvalue weighted by molar-refractivity contribution is 5.95. The van der Waals surface area contributed by atoms with Crippen LogP contribution in [0.15, 0.2) is 54.7 Å². The van der Waals surface area contributed by atoms with E-state index in [-0.39, 0.29) is 5.78 Å². The zero-order valence-electron chi connectivity index (χ0n) is 16.0. The van der Waals surface area contributed by atoms with Crippen molar-refractivity contribution in [1.82, 2.24) is 9.88 Å². The minimum atomic E-state index is 0.0869. The van der Waals surface area contributed by atoms with Crippen molar-refractivity contribution in [2.45, 2.75) is 33.1 Å². The highest BCUT2D eigenvalue weighted by atomic mass is 16.1. The van der Waals surface area contributed by atoms with Crippen LogP contribution in [-0.4, -0.2) is 35.3 Å². The Morgan fingerprint density at radius 3 is 2.92 bits per heavy atom. The van der Waals surface area contributed by atoms with E-state index in [1.165, 1.54) is 12.0 Å². The van der Waals surface area contributed by atoms with E-state index >= 15 is 0 Å². The molecule has 136 valence electrons. The largest absolute Gasteiger partial charge is 0.299 e. The fourth-order valence-corrected chi connectivity index (χ4v) is 3.51. The molecule has 1 atom stereocenters. The van der Waals surface area contributed by atoms with Crippen molar-refractivity contribution in [3.05, 3.63) is 65.9 Å². The molecule has 1 saturated heterocycles. The number of rotatable bonds is 6. The van der Waals surface area contributed by atoms with Crippen LogP contribution in [0.1, 0.15) is 49.0 Å². The number of carbonyl (C=O) groups is 1. The Bertz CT molecular complexity index is 794. The Balaban J connectivity index is 1.72. The van der Waals surface area contributed by atoms with E-state index in [0.29, 0.717) is 11.8 Å². The molecule has 0 amide bonds. The van der Waals surface area contributed by atoms with Crippen LogP contribution in [0, 0.1) is 5.92 Å². The first kappa shape index (κ1) is 18.5. The van der Waals surface area contributed by atoms with Gasteiger partial charge >= 0.3 is 0 Å². The monoisotopic (exact) mass is 348 g/mol. The molecule has 0 radical (unpaired) electrons. The molecular formula is C23H28N2O. The molecule has 0 aliphatic carbocycles. The first-order valence-corrected chi connectivity index (χ1v) is 9.49. The topological polar surface area (TPSA) is 33.2 Å². The van der Waals surface area contributed by atoms with Crippen LogP contribution in [0.3, 0.4) is 0 Å². The third kappa shape index (κ3) is 4.67. The molecule has 1 fully saturated rings. The minimum absolute atomic E-state index is 0.0869. The molecule has 3 nitrogen and oxygen atoms in total. The molecule has 0 saturated carbocycles. The maximum absolute atomic E-state index is 11.6. The van der Waals surface area contributed by atoms with Crippen molar-refractivity contribution >= 4 is 5.78 Å². The fraction of sp³-hybridized carbons (Fsp3) is 0.391. The predicted octanol–water partition coefficient (Wildman–Crippen LogP) is 4.95. The van der Waals surface area contributed by atoms with Crippen molar-refractivity contribution in [3.63, 3.8) is 0 Å². The summed E-state index contributed by atoms with van der Waals surface area (Å²) < 4.78 is 0. The van der Waals surface area contributed by atoms with Crippen LogP contribution in [-0.2, 0) is 0 Å². The van der Waals surface area contributed by atoms with Crippen LogP contribution < -0.4 is 0 Å². The van der Waals surface area contributed by atoms with E-state index in [4.69, 9.17) is 0 Å². The van der Waals surface area contributed by atoms with Gasteiger partial charge in [0.2, 0.25) is 0 Å². The lowest BCUT2D eigenvalue weighted by Crippen LogP contribution is -2.20. The highest BCUT2D eigenvalue weighted by Gasteiger charge is 2.23. The third-order valence-electron chi connectivity index (χ3n) is 4.98. The number of Topliss-reactive ketones (excluding diaryl/α,β-unsaturated/α-hetero) is 1. The number of benzene rings is 1. The van der Waals surface area contributed by atoms with Gasteiger partial charge in [0, 0.05) is 30.4 Å². The SMILES string of the molecule is CC(=O)c1cccc(-c2cc(C3CCN(C/C=C/C(C)C)C3)ccn2)c1. The van der Waals surface area contributed by atoms with E-state index in [1.807, 2.05) is 30.5 Å². The lowest BCUT2D eigenvalue weighted by Gasteiger charge is -2.15. The second-order valence-corrected chi connectivity index (χ2v) is 7.53. The van der Waals surface area contributed by atoms with Crippen molar-refractivity contribution in [2.75, 3.05) is 19.6 Å². The van der Waals surface area contributed by atoms with Gasteiger partial charge in [-0.15, -0.1) is 0 Å². The molecule has 0 bridgehead atoms. The summed E-state index contributed by atoms with van der Waals surface area (Å²) in [7, 11) is 0. The highest BCUT2D eigenvalue weighted by Crippen LogP contribution is 2.29. The maximum atomic E-state index is 11.6. The number of ketones is 1. The second-order valence-electron chi connectivity index (χ2n) is 7.53. The molecule has 3 heteroatoms. The number of aromatic nitrogens is 1. The summed E-state index contributed by atoms with van der Waals surface area (Å²) in [6.45, 7) is 9.30. The van der Waals surface area contributed by atoms with E-state index < -0.39 is 0 Å². The van der Waals surface area contributed by atoms with E-state index in [1.54, 1.807) is 6.92 Å². The number of allylic oxidation sites excluding steroid dienone is 1. The van der Waals surface area contributed by atoms with Crippen LogP contribution in [0.4, 0.5) is 0 Å². The van der Waals surface area contributed by atoms with Gasteiger partial charge in [-0.1, -0.05) is 44.2 Å². The molecule has 3 rings (SSSR count). The fourth-order valence-electron chi connectivity index (χ4n) is 3.51. The summed E-state index contributed by atoms with van der Waals surface area (Å²) in [6.07, 6.45) is 7.65. The Labute approximate surface area is 156 Å². The summed E-state index contributed by atoms with van der Waals surface area (Å²) >= 11 is 0. The van der Waals surface area contributed by atoms with E-state index in [2.05, 4.69) is 48.0 Å². The van der Waals surface area contributed by atoms with Gasteiger partial charge in [-0.05, 0) is 55.5 Å². The summed E-state index contributed by atoms with van der Waals surface area (Å²) in [5.74, 6) is 1.26. The van der Waals surface area contributed by atoms with Gasteiger partial charge in [0.25, 0.3) is 0 Å². The Morgan fingerprint density at radius 1 is 1.31 bits per heavy atom. The van der Waals surface area contributed by atoms with Gasteiger partial charge in [-0.25, -0.2) is 0 Å². The molecule has 26 heavy (non-hydrogen) atoms. The molecule has 1 unspecified atom stereocenters. The zero-order chi connectivity index (χ0) is 18.5. The molecular weight excluding hydrogens is 320 g/mol. The molecule has 1 aliphatic rings. The molecule has 1 aliphatic heterocycles. The smallest absolute Gasteiger partial charge is 0.159 e. The second kappa shape index (κ2) is 8.41. The average molecular weight is 348 g/mol. The van der Waals surface area contributed by atoms with Crippen LogP contribution in [0.25, 0.3) is 11.3 Å². The van der Waals surface area contributed by atoms with Crippen molar-refractivity contribution < 1.29 is 4.79 Å². The zero-order valence-corrected chi connectivity index (χ0v) is 16.0. The summed E-state index contributed by atoms with van der Waals surface area (Å²) in [5.41, 5.74) is 4.04. The van der Waals surface area contributed by atoms with E-state index in [9.17, 15) is 4.79 Å². The Hall–Kier alpha value is -2.26. The number of pyridine rings is 1. The average Bonchev–Trinajstić information content (AvgIpc) is 3.10. The maximum Gasteiger partial charge on any atom is 0.159 e. The number of nitrogens with zero attached hydrogens (tertiary/aromatic N) is 2. The number of likely N-dealkylation sites (tertiary alicyclic amines) is 1. The van der Waals surface area contributed by atoms with Crippen molar-refractivity contribution in [2.24, 2.45) is 5.92 Å². The van der Waals surface area contributed by atoms with Gasteiger partial charge in [0.15, 0.2) is 5.78 Å². The van der Waals surface area contributed by atoms with Gasteiger partial charge in [-0.3, -0.25) is 14.7 Å². The first-order chi connectivity index (χ1) is 12.5. The number of hydrogen-bond acceptors (Lipinski definition) is 3. The normalized spacial score (nSPS) is 18.1. The van der Waals surface area contributed by atoms with Gasteiger partial charge < -0.3 is 0 Å². The molecule has 2 aromatic rings. The van der Waals surface area contributed by atoms with Crippen LogP contribution in [0.2, 0.25) is 0 Å². The Kier molecular flexibility index (Phi) is 6.00. The quantitative estimate of drug-likeness (QED) is 0.547. The molecule has 0 N–H and O–H groups in total. The van der Waals surface area contributed by atoms with E-state index in [0.717, 1.165) is 36.5 Å². The number of hydrogen-bond donors (Lipinski definition) is 0. The summed E-state index contributed by atoms with van der Waals surface area (Å²) in [6, 6.07) is 12.1. The first-order valence-electron chi connectivity index (χ1n) is 9.49. The molecule has 1 aromatic carbocycles. The summed E-state index contributed by atoms with van der Waals surface area (Å²) in [4.78, 5) is 18.7. The van der Waals surface area contributed by atoms with Gasteiger partial charge in [0.1, 0.15) is 0 Å². The molecule has 0 spiro atoms. The van der Waals surface area contributed by atoms with Crippen LogP contribution >= 0.6 is 0 Å². The standard InChI is InChI=1S/C23H28N2O/c1-17(2)6-5-12-25-13-10-22(16-25)20-9-11-24-23(15-20)21-8-4-7-19(14-21)18(3)26/h4-9,11,14-15,17,22H,10,12-13,16H2,1-3H3/b6-5+. The van der Waals surface area contributed by atoms with Crippen molar-refractivity contribution in [1.29, 1.82) is 0 Å². The lowest BCUT2D eigenvalue weighted by molar-refractivity contribution is 0.101. The molecule has 1 aromatic heterocycles. The Morgan fingerprint density at radius 2 is 2.15 bits per heavy atom. The lowest BCUT2D eigenvalue weighted by atomic mass is 9.97. The van der Waals surface area contributed by atoms with Gasteiger partial charge in [0.05, 0.1) is 5.69 Å². The molecule has 2 heterocycles. The minimum Gasteiger partial charge on any atom is -0.299 e.